The highest BCUT2D eigenvalue weighted by atomic mass is 35.5. The average Bonchev–Trinajstić information content (AvgIpc) is 2.33. The molecular weight excluding hydrogens is 310 g/mol. The molecule has 8 heteroatoms. The monoisotopic (exact) mass is 318 g/mol. The highest BCUT2D eigenvalue weighted by Gasteiger charge is 2.18. The molecule has 0 bridgehead atoms. The summed E-state index contributed by atoms with van der Waals surface area (Å²) >= 11 is 5.50. The Bertz CT molecular complexity index is 766. The molecule has 0 aliphatic rings. The van der Waals surface area contributed by atoms with Gasteiger partial charge in [-0.1, -0.05) is 11.6 Å². The molecule has 0 atom stereocenters. The molecule has 0 saturated heterocycles. The number of anilines is 2. The van der Waals surface area contributed by atoms with Crippen molar-refractivity contribution in [3.8, 4) is 0 Å². The van der Waals surface area contributed by atoms with Crippen molar-refractivity contribution >= 4 is 33.0 Å². The van der Waals surface area contributed by atoms with Crippen LogP contribution in [-0.4, -0.2) is 8.42 Å². The Hall–Kier alpha value is -1.86. The van der Waals surface area contributed by atoms with Crippen LogP contribution in [0.5, 0.6) is 0 Å². The third-order valence-electron chi connectivity index (χ3n) is 2.43. The van der Waals surface area contributed by atoms with Crippen LogP contribution >= 0.6 is 11.6 Å². The van der Waals surface area contributed by atoms with Crippen LogP contribution in [0.1, 0.15) is 0 Å². The highest BCUT2D eigenvalue weighted by Crippen LogP contribution is 2.24. The lowest BCUT2D eigenvalue weighted by Crippen LogP contribution is -2.15. The van der Waals surface area contributed by atoms with Gasteiger partial charge in [0.2, 0.25) is 0 Å². The fourth-order valence-electron chi connectivity index (χ4n) is 1.53. The molecule has 0 aliphatic carbocycles. The lowest BCUT2D eigenvalue weighted by molar-refractivity contribution is 0.600. The van der Waals surface area contributed by atoms with Gasteiger partial charge in [0.15, 0.2) is 0 Å². The van der Waals surface area contributed by atoms with Crippen molar-refractivity contribution in [3.05, 3.63) is 53.1 Å². The second-order valence-corrected chi connectivity index (χ2v) is 5.97. The smallest absolute Gasteiger partial charge is 0.263 e. The molecular formula is C12H9ClF2N2O2S. The van der Waals surface area contributed by atoms with Gasteiger partial charge < -0.3 is 5.73 Å². The maximum atomic E-state index is 13.2. The summed E-state index contributed by atoms with van der Waals surface area (Å²) in [5.41, 5.74) is 5.20. The van der Waals surface area contributed by atoms with Gasteiger partial charge in [-0.2, -0.15) is 0 Å². The van der Waals surface area contributed by atoms with Gasteiger partial charge in [-0.05, 0) is 36.4 Å². The Labute approximate surface area is 119 Å². The first-order chi connectivity index (χ1) is 9.29. The van der Waals surface area contributed by atoms with E-state index in [0.717, 1.165) is 24.3 Å². The minimum Gasteiger partial charge on any atom is -0.398 e. The van der Waals surface area contributed by atoms with Gasteiger partial charge in [0.05, 0.1) is 16.4 Å². The third-order valence-corrected chi connectivity index (χ3v) is 4.19. The van der Waals surface area contributed by atoms with Gasteiger partial charge in [-0.25, -0.2) is 17.2 Å². The van der Waals surface area contributed by atoms with Crippen LogP contribution in [-0.2, 0) is 10.0 Å². The lowest BCUT2D eigenvalue weighted by atomic mass is 10.3. The molecule has 3 N–H and O–H groups in total. The maximum Gasteiger partial charge on any atom is 0.263 e. The van der Waals surface area contributed by atoms with E-state index in [4.69, 9.17) is 17.3 Å². The molecule has 2 rings (SSSR count). The summed E-state index contributed by atoms with van der Waals surface area (Å²) in [7, 11) is -4.04. The topological polar surface area (TPSA) is 72.2 Å². The van der Waals surface area contributed by atoms with E-state index in [9.17, 15) is 17.2 Å². The molecule has 0 saturated carbocycles. The molecule has 2 aromatic carbocycles. The Balaban J connectivity index is 2.38. The second-order valence-electron chi connectivity index (χ2n) is 3.92. The number of nitrogens with one attached hydrogen (secondary N) is 1. The predicted molar refractivity (Wildman–Crippen MR) is 73.0 cm³/mol. The van der Waals surface area contributed by atoms with Crippen molar-refractivity contribution in [2.45, 2.75) is 4.90 Å². The van der Waals surface area contributed by atoms with Crippen LogP contribution in [0.4, 0.5) is 20.2 Å². The fourth-order valence-corrected chi connectivity index (χ4v) is 2.81. The van der Waals surface area contributed by atoms with E-state index in [1.807, 2.05) is 0 Å². The summed E-state index contributed by atoms with van der Waals surface area (Å²) in [6.45, 7) is 0. The number of nitrogens with two attached hydrogens (primary N) is 1. The molecule has 106 valence electrons. The van der Waals surface area contributed by atoms with Crippen LogP contribution in [0.15, 0.2) is 41.3 Å². The predicted octanol–water partition coefficient (Wildman–Crippen LogP) is 3.00. The minimum atomic E-state index is -4.04. The third kappa shape index (κ3) is 3.00. The molecule has 4 nitrogen and oxygen atoms in total. The highest BCUT2D eigenvalue weighted by molar-refractivity contribution is 7.92. The maximum absolute atomic E-state index is 13.2. The first kappa shape index (κ1) is 14.5. The Morgan fingerprint density at radius 1 is 1.10 bits per heavy atom. The number of rotatable bonds is 3. The summed E-state index contributed by atoms with van der Waals surface area (Å²) in [5.74, 6) is -1.42. The van der Waals surface area contributed by atoms with Gasteiger partial charge in [-0.3, -0.25) is 4.72 Å². The molecule has 20 heavy (non-hydrogen) atoms. The van der Waals surface area contributed by atoms with Crippen molar-refractivity contribution < 1.29 is 17.2 Å². The molecule has 0 spiro atoms. The number of hydrogen-bond acceptors (Lipinski definition) is 3. The molecule has 0 aromatic heterocycles. The van der Waals surface area contributed by atoms with Crippen molar-refractivity contribution in [1.29, 1.82) is 0 Å². The average molecular weight is 319 g/mol. The van der Waals surface area contributed by atoms with Crippen molar-refractivity contribution in [3.63, 3.8) is 0 Å². The van der Waals surface area contributed by atoms with E-state index in [0.29, 0.717) is 0 Å². The van der Waals surface area contributed by atoms with Gasteiger partial charge in [0.1, 0.15) is 16.5 Å². The normalized spacial score (nSPS) is 11.3. The van der Waals surface area contributed by atoms with Crippen molar-refractivity contribution in [1.82, 2.24) is 0 Å². The van der Waals surface area contributed by atoms with E-state index < -0.39 is 21.7 Å². The Morgan fingerprint density at radius 2 is 1.80 bits per heavy atom. The number of benzene rings is 2. The van der Waals surface area contributed by atoms with E-state index in [1.165, 1.54) is 12.1 Å². The second kappa shape index (κ2) is 5.26. The number of nitrogen functional groups attached to an aromatic ring is 1. The summed E-state index contributed by atoms with van der Waals surface area (Å²) in [6, 6.07) is 6.31. The lowest BCUT2D eigenvalue weighted by Gasteiger charge is -2.10. The van der Waals surface area contributed by atoms with Gasteiger partial charge in [0.25, 0.3) is 10.0 Å². The van der Waals surface area contributed by atoms with Crippen LogP contribution in [0.25, 0.3) is 0 Å². The molecule has 0 aliphatic heterocycles. The first-order valence-corrected chi connectivity index (χ1v) is 7.18. The molecule has 0 amide bonds. The summed E-state index contributed by atoms with van der Waals surface area (Å²) in [6.07, 6.45) is 0. The van der Waals surface area contributed by atoms with Gasteiger partial charge in [-0.15, -0.1) is 0 Å². The summed E-state index contributed by atoms with van der Waals surface area (Å²) < 4.78 is 52.4. The zero-order valence-corrected chi connectivity index (χ0v) is 11.5. The van der Waals surface area contributed by atoms with Crippen LogP contribution in [0, 0.1) is 11.6 Å². The van der Waals surface area contributed by atoms with E-state index in [1.54, 1.807) is 0 Å². The minimum absolute atomic E-state index is 0.0179. The number of sulfonamides is 1. The van der Waals surface area contributed by atoms with Crippen molar-refractivity contribution in [2.75, 3.05) is 10.5 Å². The van der Waals surface area contributed by atoms with Crippen LogP contribution in [0.2, 0.25) is 5.02 Å². The molecule has 0 heterocycles. The molecule has 0 unspecified atom stereocenters. The Kier molecular flexibility index (Phi) is 3.82. The molecule has 0 fully saturated rings. The van der Waals surface area contributed by atoms with Crippen molar-refractivity contribution in [2.24, 2.45) is 0 Å². The van der Waals surface area contributed by atoms with Crippen LogP contribution < -0.4 is 10.5 Å². The van der Waals surface area contributed by atoms with E-state index in [2.05, 4.69) is 4.72 Å². The summed E-state index contributed by atoms with van der Waals surface area (Å²) in [5, 5.41) is -0.130. The number of hydrogen-bond donors (Lipinski definition) is 2. The van der Waals surface area contributed by atoms with Crippen LogP contribution in [0.3, 0.4) is 0 Å². The first-order valence-electron chi connectivity index (χ1n) is 5.32. The number of halogens is 3. The SMILES string of the molecule is Nc1cc(F)ccc1S(=O)(=O)Nc1ccc(Cl)c(F)c1. The van der Waals surface area contributed by atoms with Gasteiger partial charge >= 0.3 is 0 Å². The Morgan fingerprint density at radius 3 is 2.40 bits per heavy atom. The zero-order valence-electron chi connectivity index (χ0n) is 9.90. The molecule has 0 radical (unpaired) electrons. The standard InChI is InChI=1S/C12H9ClF2N2O2S/c13-9-3-2-8(6-10(9)15)17-20(18,19)12-4-1-7(14)5-11(12)16/h1-6,17H,16H2. The fraction of sp³-hybridized carbons (Fsp3) is 0. The zero-order chi connectivity index (χ0) is 14.9. The summed E-state index contributed by atoms with van der Waals surface area (Å²) in [4.78, 5) is -0.297. The molecule has 2 aromatic rings. The largest absolute Gasteiger partial charge is 0.398 e. The van der Waals surface area contributed by atoms with E-state index in [-0.39, 0.29) is 21.3 Å². The quantitative estimate of drug-likeness (QED) is 0.854. The van der Waals surface area contributed by atoms with E-state index >= 15 is 0 Å². The van der Waals surface area contributed by atoms with Gasteiger partial charge in [0, 0.05) is 0 Å².